The van der Waals surface area contributed by atoms with Gasteiger partial charge in [-0.2, -0.15) is 0 Å². The Balaban J connectivity index is 0.00000104. The summed E-state index contributed by atoms with van der Waals surface area (Å²) in [7, 11) is 0. The smallest absolute Gasteiger partial charge is 0.335 e. The highest BCUT2D eigenvalue weighted by Gasteiger charge is 2.69. The quantitative estimate of drug-likeness (QED) is 0.112. The Kier molecular flexibility index (Phi) is 16.0. The molecule has 5 fully saturated rings. The average Bonchev–Trinajstić information content (AvgIpc) is 3.66. The molecule has 1 aromatic carbocycles. The summed E-state index contributed by atoms with van der Waals surface area (Å²) < 4.78 is 5.21. The van der Waals surface area contributed by atoms with E-state index < -0.39 is 5.97 Å². The summed E-state index contributed by atoms with van der Waals surface area (Å²) in [6.07, 6.45) is 35.2. The van der Waals surface area contributed by atoms with Crippen molar-refractivity contribution in [2.45, 2.75) is 132 Å². The number of hydrogen-bond donors (Lipinski definition) is 2. The van der Waals surface area contributed by atoms with Crippen molar-refractivity contribution in [3.8, 4) is 25.7 Å². The standard InChI is InChI=1S/C45H66N2O5.C3H6.2C2H2/c1-7-52-40(51)32-19-27-47(28-20-32)38(48)18-26-46-29-45-21-8-9-35(45)34-14-15-37-42(4)22-16-33(30-10-12-31(13-11-30)39(49)50)41(2,3)36(42)17-23-44(37,6)43(34,5)24-25-45;1-3-2;2*1-2/h10-13,16,32,34-37,46H,7-9,14-15,17-29H2,1-6H3,(H,49,50);3H,1H2,2H3;2*1-2H/t34-,35?,36?,37?,42+,43-,44-,45-;;;/m1.../s1. The maximum absolute atomic E-state index is 13.1. The second kappa shape index (κ2) is 19.7. The first kappa shape index (κ1) is 47.9. The van der Waals surface area contributed by atoms with Gasteiger partial charge in [0.15, 0.2) is 0 Å². The molecule has 324 valence electrons. The number of likely N-dealkylation sites (tertiary alicyclic amines) is 1. The number of aromatic carboxylic acids is 1. The molecule has 8 atom stereocenters. The molecule has 59 heavy (non-hydrogen) atoms. The molecular weight excluding hydrogens is 733 g/mol. The maximum atomic E-state index is 13.1. The molecule has 7 rings (SSSR count). The average molecular weight is 809 g/mol. The van der Waals surface area contributed by atoms with Gasteiger partial charge in [-0.05, 0) is 158 Å². The molecule has 1 aromatic rings. The number of benzene rings is 1. The van der Waals surface area contributed by atoms with Crippen LogP contribution in [-0.2, 0) is 14.3 Å². The van der Waals surface area contributed by atoms with E-state index in [0.29, 0.717) is 72.6 Å². The van der Waals surface area contributed by atoms with E-state index in [9.17, 15) is 19.5 Å². The topological polar surface area (TPSA) is 95.9 Å². The minimum absolute atomic E-state index is 0.0239. The third kappa shape index (κ3) is 8.84. The second-order valence-electron chi connectivity index (χ2n) is 19.7. The van der Waals surface area contributed by atoms with E-state index in [4.69, 9.17) is 4.74 Å². The number of allylic oxidation sites excluding steroid dienone is 3. The minimum Gasteiger partial charge on any atom is -0.478 e. The lowest BCUT2D eigenvalue weighted by Gasteiger charge is -2.72. The molecule has 0 bridgehead atoms. The van der Waals surface area contributed by atoms with Gasteiger partial charge in [-0.15, -0.1) is 32.3 Å². The van der Waals surface area contributed by atoms with Gasteiger partial charge in [0.2, 0.25) is 5.91 Å². The van der Waals surface area contributed by atoms with Crippen LogP contribution >= 0.6 is 0 Å². The van der Waals surface area contributed by atoms with Crippen LogP contribution in [0.15, 0.2) is 43.0 Å². The van der Waals surface area contributed by atoms with Crippen molar-refractivity contribution >= 4 is 23.4 Å². The van der Waals surface area contributed by atoms with E-state index in [0.717, 1.165) is 31.3 Å². The summed E-state index contributed by atoms with van der Waals surface area (Å²) >= 11 is 0. The predicted molar refractivity (Wildman–Crippen MR) is 241 cm³/mol. The number of piperidine rings is 1. The van der Waals surface area contributed by atoms with Crippen LogP contribution in [0.1, 0.15) is 148 Å². The number of nitrogens with zero attached hydrogens (tertiary/aromatic N) is 1. The Morgan fingerprint density at radius 1 is 0.864 bits per heavy atom. The molecule has 1 aliphatic heterocycles. The third-order valence-corrected chi connectivity index (χ3v) is 17.0. The SMILES string of the molecule is C#C.C#C.C=CC.CCOC(=O)C1CCN(C(=O)CCNC[C@]23CCCC2[C@H]2CCC4[C@@]5(C)CC=C(c6ccc(C(=O)O)cc6)C(C)(C)C5CC[C@@]4(C)[C@]2(C)CC3)CC1. The van der Waals surface area contributed by atoms with Crippen LogP contribution in [0.4, 0.5) is 0 Å². The fourth-order valence-corrected chi connectivity index (χ4v) is 14.2. The fourth-order valence-electron chi connectivity index (χ4n) is 14.2. The summed E-state index contributed by atoms with van der Waals surface area (Å²) in [4.78, 5) is 38.8. The number of carboxylic acids is 1. The van der Waals surface area contributed by atoms with E-state index >= 15 is 0 Å². The van der Waals surface area contributed by atoms with Crippen LogP contribution in [-0.4, -0.2) is 60.6 Å². The largest absolute Gasteiger partial charge is 0.478 e. The van der Waals surface area contributed by atoms with Crippen molar-refractivity contribution in [3.05, 3.63) is 54.1 Å². The van der Waals surface area contributed by atoms with Crippen molar-refractivity contribution in [2.24, 2.45) is 56.7 Å². The lowest BCUT2D eigenvalue weighted by Crippen LogP contribution is -2.65. The number of amides is 1. The van der Waals surface area contributed by atoms with Crippen LogP contribution in [0.5, 0.6) is 0 Å². The van der Waals surface area contributed by atoms with E-state index in [-0.39, 0.29) is 28.6 Å². The number of ether oxygens (including phenoxy) is 1. The first-order chi connectivity index (χ1) is 28.1. The number of rotatable bonds is 9. The number of carboxylic acid groups (broad SMARTS) is 1. The number of hydrogen-bond acceptors (Lipinski definition) is 5. The Morgan fingerprint density at radius 2 is 1.51 bits per heavy atom. The Morgan fingerprint density at radius 3 is 2.12 bits per heavy atom. The molecule has 7 nitrogen and oxygen atoms in total. The fraction of sp³-hybridized carbons (Fsp3) is 0.673. The summed E-state index contributed by atoms with van der Waals surface area (Å²) in [6, 6.07) is 7.59. The highest BCUT2D eigenvalue weighted by molar-refractivity contribution is 5.88. The zero-order valence-corrected chi connectivity index (χ0v) is 37.6. The van der Waals surface area contributed by atoms with Crippen LogP contribution in [0.3, 0.4) is 0 Å². The molecule has 4 saturated carbocycles. The number of fused-ring (bicyclic) bond motifs is 7. The first-order valence-corrected chi connectivity index (χ1v) is 22.5. The summed E-state index contributed by atoms with van der Waals surface area (Å²) in [5.41, 5.74) is 4.23. The molecule has 5 aliphatic carbocycles. The van der Waals surface area contributed by atoms with Crippen molar-refractivity contribution in [3.63, 3.8) is 0 Å². The van der Waals surface area contributed by atoms with E-state index in [2.05, 4.69) is 78.3 Å². The third-order valence-electron chi connectivity index (χ3n) is 17.0. The zero-order valence-electron chi connectivity index (χ0n) is 37.6. The van der Waals surface area contributed by atoms with Crippen molar-refractivity contribution in [1.82, 2.24) is 10.2 Å². The molecular formula is C52H76N2O5. The van der Waals surface area contributed by atoms with E-state index in [1.165, 1.54) is 68.9 Å². The van der Waals surface area contributed by atoms with E-state index in [1.54, 1.807) is 18.2 Å². The number of carbonyl (C=O) groups is 3. The Bertz CT molecular complexity index is 1690. The Labute approximate surface area is 358 Å². The second-order valence-corrected chi connectivity index (χ2v) is 19.7. The molecule has 1 heterocycles. The van der Waals surface area contributed by atoms with Gasteiger partial charge in [-0.25, -0.2) is 4.79 Å². The lowest BCUT2D eigenvalue weighted by atomic mass is 9.32. The van der Waals surface area contributed by atoms with Gasteiger partial charge in [-0.3, -0.25) is 9.59 Å². The molecule has 1 amide bonds. The van der Waals surface area contributed by atoms with Crippen molar-refractivity contribution in [2.75, 3.05) is 32.8 Å². The van der Waals surface area contributed by atoms with Gasteiger partial charge in [0.25, 0.3) is 0 Å². The number of nitrogens with one attached hydrogen (secondary N) is 1. The first-order valence-electron chi connectivity index (χ1n) is 22.5. The highest BCUT2D eigenvalue weighted by Crippen LogP contribution is 2.77. The molecule has 6 aliphatic rings. The monoisotopic (exact) mass is 809 g/mol. The highest BCUT2D eigenvalue weighted by atomic mass is 16.5. The minimum atomic E-state index is -0.867. The zero-order chi connectivity index (χ0) is 43.8. The summed E-state index contributed by atoms with van der Waals surface area (Å²) in [5.74, 6) is 2.01. The summed E-state index contributed by atoms with van der Waals surface area (Å²) in [5, 5.41) is 13.3. The van der Waals surface area contributed by atoms with Crippen molar-refractivity contribution < 1.29 is 24.2 Å². The van der Waals surface area contributed by atoms with Gasteiger partial charge >= 0.3 is 11.9 Å². The molecule has 0 radical (unpaired) electrons. The molecule has 0 spiro atoms. The van der Waals surface area contributed by atoms with Gasteiger partial charge in [-0.1, -0.05) is 65.3 Å². The van der Waals surface area contributed by atoms with Crippen LogP contribution < -0.4 is 5.32 Å². The van der Waals surface area contributed by atoms with Crippen LogP contribution in [0.2, 0.25) is 0 Å². The molecule has 2 N–H and O–H groups in total. The number of esters is 1. The molecule has 7 heteroatoms. The van der Waals surface area contributed by atoms with Crippen LogP contribution in [0.25, 0.3) is 5.57 Å². The Hall–Kier alpha value is -3.81. The number of carbonyl (C=O) groups excluding carboxylic acids is 2. The molecule has 3 unspecified atom stereocenters. The lowest BCUT2D eigenvalue weighted by molar-refractivity contribution is -0.222. The molecule has 1 saturated heterocycles. The van der Waals surface area contributed by atoms with Gasteiger partial charge in [0.05, 0.1) is 18.1 Å². The summed E-state index contributed by atoms with van der Waals surface area (Å²) in [6.45, 7) is 23.6. The van der Waals surface area contributed by atoms with Gasteiger partial charge < -0.3 is 20.1 Å². The van der Waals surface area contributed by atoms with Gasteiger partial charge in [0.1, 0.15) is 0 Å². The van der Waals surface area contributed by atoms with Gasteiger partial charge in [0, 0.05) is 32.6 Å². The maximum Gasteiger partial charge on any atom is 0.335 e. The van der Waals surface area contributed by atoms with Crippen molar-refractivity contribution in [1.29, 1.82) is 0 Å². The predicted octanol–water partition coefficient (Wildman–Crippen LogP) is 10.7. The van der Waals surface area contributed by atoms with Crippen LogP contribution in [0, 0.1) is 82.4 Å². The molecule has 0 aromatic heterocycles. The van der Waals surface area contributed by atoms with E-state index in [1.807, 2.05) is 30.9 Å². The normalized spacial score (nSPS) is 34.0. The number of terminal acetylenes is 2.